The zero-order valence-corrected chi connectivity index (χ0v) is 13.1. The van der Waals surface area contributed by atoms with E-state index in [4.69, 9.17) is 21.1 Å². The van der Waals surface area contributed by atoms with Crippen molar-refractivity contribution in [3.63, 3.8) is 0 Å². The Labute approximate surface area is 125 Å². The highest BCUT2D eigenvalue weighted by Crippen LogP contribution is 2.25. The maximum Gasteiger partial charge on any atom is 0.158 e. The van der Waals surface area contributed by atoms with Crippen molar-refractivity contribution < 1.29 is 9.47 Å². The molecule has 0 radical (unpaired) electrons. The minimum absolute atomic E-state index is 0.229. The van der Waals surface area contributed by atoms with Gasteiger partial charge in [0.1, 0.15) is 17.6 Å². The van der Waals surface area contributed by atoms with Crippen LogP contribution in [-0.2, 0) is 16.1 Å². The van der Waals surface area contributed by atoms with E-state index in [9.17, 15) is 0 Å². The Bertz CT molecular complexity index is 444. The van der Waals surface area contributed by atoms with Gasteiger partial charge in [0.15, 0.2) is 5.82 Å². The van der Waals surface area contributed by atoms with E-state index in [0.717, 1.165) is 25.3 Å². The van der Waals surface area contributed by atoms with Gasteiger partial charge in [0.25, 0.3) is 0 Å². The molecule has 0 N–H and O–H groups in total. The topological polar surface area (TPSA) is 47.5 Å². The van der Waals surface area contributed by atoms with Gasteiger partial charge in [-0.05, 0) is 19.3 Å². The third-order valence-electron chi connectivity index (χ3n) is 3.68. The molecule has 2 unspecified atom stereocenters. The van der Waals surface area contributed by atoms with Gasteiger partial charge >= 0.3 is 0 Å². The fraction of sp³-hybridized carbons (Fsp3) is 0.714. The summed E-state index contributed by atoms with van der Waals surface area (Å²) >= 11 is 6.08. The van der Waals surface area contributed by atoms with E-state index >= 15 is 0 Å². The minimum Gasteiger partial charge on any atom is -0.379 e. The van der Waals surface area contributed by atoms with Crippen LogP contribution in [0.5, 0.6) is 0 Å². The van der Waals surface area contributed by atoms with Crippen molar-refractivity contribution in [2.45, 2.75) is 33.0 Å². The molecule has 0 bridgehead atoms. The van der Waals surface area contributed by atoms with Gasteiger partial charge in [-0.2, -0.15) is 0 Å². The molecule has 0 spiro atoms. The highest BCUT2D eigenvalue weighted by atomic mass is 35.5. The molecule has 1 fully saturated rings. The summed E-state index contributed by atoms with van der Waals surface area (Å²) in [6.45, 7) is 6.99. The lowest BCUT2D eigenvalue weighted by atomic mass is 9.96. The van der Waals surface area contributed by atoms with Gasteiger partial charge in [-0.3, -0.25) is 0 Å². The van der Waals surface area contributed by atoms with Gasteiger partial charge in [-0.15, -0.1) is 0 Å². The number of rotatable bonds is 5. The maximum atomic E-state index is 6.08. The minimum atomic E-state index is 0.229. The molecule has 1 saturated heterocycles. The van der Waals surface area contributed by atoms with Crippen LogP contribution in [0.25, 0.3) is 0 Å². The summed E-state index contributed by atoms with van der Waals surface area (Å²) in [5.74, 6) is 2.05. The van der Waals surface area contributed by atoms with Crippen LogP contribution < -0.4 is 4.90 Å². The van der Waals surface area contributed by atoms with E-state index in [1.807, 2.05) is 6.92 Å². The van der Waals surface area contributed by atoms with Crippen molar-refractivity contribution in [2.75, 3.05) is 31.7 Å². The van der Waals surface area contributed by atoms with E-state index < -0.39 is 0 Å². The van der Waals surface area contributed by atoms with Crippen molar-refractivity contribution in [3.05, 3.63) is 17.0 Å². The molecule has 2 heterocycles. The van der Waals surface area contributed by atoms with Crippen LogP contribution in [0.1, 0.15) is 26.1 Å². The Hall–Kier alpha value is -0.910. The average molecular weight is 300 g/mol. The first-order chi connectivity index (χ1) is 9.63. The summed E-state index contributed by atoms with van der Waals surface area (Å²) in [6.07, 6.45) is 1.31. The van der Waals surface area contributed by atoms with Gasteiger partial charge < -0.3 is 14.4 Å². The summed E-state index contributed by atoms with van der Waals surface area (Å²) in [5.41, 5.74) is 0. The largest absolute Gasteiger partial charge is 0.379 e. The predicted molar refractivity (Wildman–Crippen MR) is 79.2 cm³/mol. The number of piperidine rings is 1. The van der Waals surface area contributed by atoms with Crippen LogP contribution in [-0.4, -0.2) is 42.9 Å². The highest BCUT2D eigenvalue weighted by molar-refractivity contribution is 6.29. The smallest absolute Gasteiger partial charge is 0.158 e. The zero-order chi connectivity index (χ0) is 14.5. The normalized spacial score (nSPS) is 23.1. The fourth-order valence-electron chi connectivity index (χ4n) is 2.42. The number of methoxy groups -OCH3 is 1. The first-order valence-electron chi connectivity index (χ1n) is 7.03. The Balaban J connectivity index is 2.13. The molecule has 1 aliphatic rings. The van der Waals surface area contributed by atoms with Crippen LogP contribution in [0.3, 0.4) is 0 Å². The number of ether oxygens (including phenoxy) is 2. The maximum absolute atomic E-state index is 6.08. The van der Waals surface area contributed by atoms with Gasteiger partial charge in [-0.25, -0.2) is 9.97 Å². The first-order valence-corrected chi connectivity index (χ1v) is 7.40. The molecule has 0 aliphatic carbocycles. The van der Waals surface area contributed by atoms with E-state index in [2.05, 4.69) is 21.8 Å². The highest BCUT2D eigenvalue weighted by Gasteiger charge is 2.27. The molecule has 0 amide bonds. The van der Waals surface area contributed by atoms with Crippen molar-refractivity contribution >= 4 is 17.4 Å². The van der Waals surface area contributed by atoms with Crippen LogP contribution in [0.2, 0.25) is 5.15 Å². The number of halogens is 1. The Morgan fingerprint density at radius 3 is 2.95 bits per heavy atom. The zero-order valence-electron chi connectivity index (χ0n) is 12.3. The molecule has 2 atom stereocenters. The quantitative estimate of drug-likeness (QED) is 0.782. The molecule has 2 rings (SSSR count). The molecule has 112 valence electrons. The Morgan fingerprint density at radius 2 is 2.25 bits per heavy atom. The molecule has 1 aromatic heterocycles. The van der Waals surface area contributed by atoms with Crippen LogP contribution >= 0.6 is 11.6 Å². The van der Waals surface area contributed by atoms with Crippen LogP contribution in [0, 0.1) is 5.92 Å². The SMILES string of the molecule is CCOCc1nc(Cl)cc(N2CCC(C)C(OC)C2)n1. The second-order valence-electron chi connectivity index (χ2n) is 5.09. The number of aromatic nitrogens is 2. The first kappa shape index (κ1) is 15.5. The second-order valence-corrected chi connectivity index (χ2v) is 5.48. The predicted octanol–water partition coefficient (Wildman–Crippen LogP) is 2.53. The summed E-state index contributed by atoms with van der Waals surface area (Å²) < 4.78 is 10.9. The third kappa shape index (κ3) is 3.81. The summed E-state index contributed by atoms with van der Waals surface area (Å²) in [7, 11) is 1.76. The third-order valence-corrected chi connectivity index (χ3v) is 3.87. The lowest BCUT2D eigenvalue weighted by Gasteiger charge is -2.37. The van der Waals surface area contributed by atoms with Gasteiger partial charge in [-0.1, -0.05) is 18.5 Å². The second kappa shape index (κ2) is 7.20. The fourth-order valence-corrected chi connectivity index (χ4v) is 2.62. The van der Waals surface area contributed by atoms with Crippen LogP contribution in [0.4, 0.5) is 5.82 Å². The summed E-state index contributed by atoms with van der Waals surface area (Å²) in [5, 5.41) is 0.456. The standard InChI is InChI=1S/C14H22ClN3O2/c1-4-20-9-13-16-12(15)7-14(17-13)18-6-5-10(2)11(8-18)19-3/h7,10-11H,4-6,8-9H2,1-3H3. The molecule has 6 heteroatoms. The molecule has 1 aliphatic heterocycles. The Kier molecular flexibility index (Phi) is 5.57. The molecular weight excluding hydrogens is 278 g/mol. The molecule has 0 saturated carbocycles. The number of anilines is 1. The van der Waals surface area contributed by atoms with Crippen molar-refractivity contribution in [1.29, 1.82) is 0 Å². The number of nitrogens with zero attached hydrogens (tertiary/aromatic N) is 3. The van der Waals surface area contributed by atoms with Gasteiger partial charge in [0.2, 0.25) is 0 Å². The average Bonchev–Trinajstić information content (AvgIpc) is 2.45. The van der Waals surface area contributed by atoms with E-state index in [-0.39, 0.29) is 6.10 Å². The van der Waals surface area contributed by atoms with Crippen molar-refractivity contribution in [1.82, 2.24) is 9.97 Å². The van der Waals surface area contributed by atoms with Crippen molar-refractivity contribution in [2.24, 2.45) is 5.92 Å². The molecule has 0 aromatic carbocycles. The molecular formula is C14H22ClN3O2. The lowest BCUT2D eigenvalue weighted by molar-refractivity contribution is 0.0496. The van der Waals surface area contributed by atoms with Crippen LogP contribution in [0.15, 0.2) is 6.07 Å². The van der Waals surface area contributed by atoms with E-state index in [1.54, 1.807) is 13.2 Å². The van der Waals surface area contributed by atoms with Gasteiger partial charge in [0, 0.05) is 32.9 Å². The summed E-state index contributed by atoms with van der Waals surface area (Å²) in [4.78, 5) is 10.9. The van der Waals surface area contributed by atoms with E-state index in [0.29, 0.717) is 30.1 Å². The molecule has 20 heavy (non-hydrogen) atoms. The molecule has 1 aromatic rings. The number of hydrogen-bond donors (Lipinski definition) is 0. The summed E-state index contributed by atoms with van der Waals surface area (Å²) in [6, 6.07) is 1.81. The van der Waals surface area contributed by atoms with Gasteiger partial charge in [0.05, 0.1) is 6.10 Å². The Morgan fingerprint density at radius 1 is 1.45 bits per heavy atom. The number of hydrogen-bond acceptors (Lipinski definition) is 5. The van der Waals surface area contributed by atoms with E-state index in [1.165, 1.54) is 0 Å². The monoisotopic (exact) mass is 299 g/mol. The lowest BCUT2D eigenvalue weighted by Crippen LogP contribution is -2.44. The molecule has 5 nitrogen and oxygen atoms in total. The van der Waals surface area contributed by atoms with Crippen molar-refractivity contribution in [3.8, 4) is 0 Å².